The van der Waals surface area contributed by atoms with Crippen LogP contribution >= 0.6 is 7.26 Å². The van der Waals surface area contributed by atoms with Gasteiger partial charge in [0.15, 0.2) is 0 Å². The highest BCUT2D eigenvalue weighted by Gasteiger charge is 2.34. The van der Waals surface area contributed by atoms with Crippen molar-refractivity contribution in [3.8, 4) is 0 Å². The summed E-state index contributed by atoms with van der Waals surface area (Å²) < 4.78 is 0. The molecular formula is C24H46BrO3P. The minimum absolute atomic E-state index is 0. The first-order valence-corrected chi connectivity index (χ1v) is 13.5. The molecule has 0 amide bonds. The summed E-state index contributed by atoms with van der Waals surface area (Å²) in [5.41, 5.74) is 4.30. The van der Waals surface area contributed by atoms with Gasteiger partial charge in [-0.1, -0.05) is 28.9 Å². The van der Waals surface area contributed by atoms with Crippen molar-refractivity contribution < 1.29 is 32.3 Å². The Labute approximate surface area is 191 Å². The minimum atomic E-state index is -1.25. The number of aliphatic hydroxyl groups is 3. The highest BCUT2D eigenvalue weighted by Crippen LogP contribution is 2.60. The molecule has 0 aliphatic rings. The average molecular weight is 494 g/mol. The van der Waals surface area contributed by atoms with Crippen LogP contribution in [0.2, 0.25) is 0 Å². The van der Waals surface area contributed by atoms with Gasteiger partial charge >= 0.3 is 0 Å². The molecule has 0 spiro atoms. The lowest BCUT2D eigenvalue weighted by Gasteiger charge is -2.26. The van der Waals surface area contributed by atoms with Crippen LogP contribution in [0.4, 0.5) is 0 Å². The summed E-state index contributed by atoms with van der Waals surface area (Å²) in [6, 6.07) is 0. The van der Waals surface area contributed by atoms with E-state index in [9.17, 15) is 15.3 Å². The summed E-state index contributed by atoms with van der Waals surface area (Å²) in [5, 5.41) is 27.9. The molecule has 0 aliphatic carbocycles. The van der Waals surface area contributed by atoms with E-state index in [1.165, 1.54) is 16.7 Å². The molecule has 0 bridgehead atoms. The van der Waals surface area contributed by atoms with E-state index in [4.69, 9.17) is 0 Å². The number of allylic oxidation sites excluding steroid dienone is 6. The van der Waals surface area contributed by atoms with Crippen molar-refractivity contribution in [2.75, 3.05) is 44.5 Å². The van der Waals surface area contributed by atoms with E-state index in [2.05, 4.69) is 45.9 Å². The zero-order chi connectivity index (χ0) is 21.3. The van der Waals surface area contributed by atoms with Gasteiger partial charge in [-0.3, -0.25) is 0 Å². The Hall–Kier alpha value is 0.0100. The van der Waals surface area contributed by atoms with E-state index in [-0.39, 0.29) is 36.8 Å². The monoisotopic (exact) mass is 492 g/mol. The van der Waals surface area contributed by atoms with E-state index in [1.54, 1.807) is 0 Å². The molecule has 172 valence electrons. The Kier molecular flexibility index (Phi) is 21.5. The number of halogens is 1. The molecule has 5 heteroatoms. The maximum absolute atomic E-state index is 9.31. The minimum Gasteiger partial charge on any atom is -1.00 e. The second kappa shape index (κ2) is 19.9. The summed E-state index contributed by atoms with van der Waals surface area (Å²) >= 11 is 0. The van der Waals surface area contributed by atoms with Crippen LogP contribution in [-0.4, -0.2) is 59.8 Å². The average Bonchev–Trinajstić information content (AvgIpc) is 2.66. The number of hydrogen-bond donors (Lipinski definition) is 3. The van der Waals surface area contributed by atoms with Crippen molar-refractivity contribution in [2.45, 2.75) is 72.6 Å². The maximum atomic E-state index is 9.31. The van der Waals surface area contributed by atoms with E-state index in [0.29, 0.717) is 0 Å². The van der Waals surface area contributed by atoms with Gasteiger partial charge in [0.05, 0.1) is 24.6 Å². The predicted molar refractivity (Wildman–Crippen MR) is 127 cm³/mol. The number of aliphatic hydroxyl groups excluding tert-OH is 3. The van der Waals surface area contributed by atoms with Gasteiger partial charge in [-0.2, -0.15) is 0 Å². The normalized spacial score (nSPS) is 12.7. The highest BCUT2D eigenvalue weighted by molar-refractivity contribution is 7.76. The van der Waals surface area contributed by atoms with Crippen LogP contribution in [0.25, 0.3) is 0 Å². The Balaban J connectivity index is 0. The summed E-state index contributed by atoms with van der Waals surface area (Å²) in [6.45, 7) is 9.46. The van der Waals surface area contributed by atoms with Gasteiger partial charge in [0.1, 0.15) is 0 Å². The summed E-state index contributed by atoms with van der Waals surface area (Å²) in [5.74, 6) is 0. The van der Waals surface area contributed by atoms with Crippen LogP contribution < -0.4 is 17.0 Å². The topological polar surface area (TPSA) is 60.7 Å². The lowest BCUT2D eigenvalue weighted by atomic mass is 10.1. The smallest absolute Gasteiger partial charge is 0.0776 e. The molecule has 0 saturated heterocycles. The first kappa shape index (κ1) is 31.2. The first-order valence-electron chi connectivity index (χ1n) is 11.0. The van der Waals surface area contributed by atoms with Crippen LogP contribution in [0, 0.1) is 0 Å². The number of rotatable bonds is 17. The van der Waals surface area contributed by atoms with Crippen LogP contribution in [-0.2, 0) is 0 Å². The van der Waals surface area contributed by atoms with E-state index in [1.807, 2.05) is 0 Å². The van der Waals surface area contributed by atoms with Crippen LogP contribution in [0.1, 0.15) is 72.6 Å². The molecule has 0 aliphatic heterocycles. The van der Waals surface area contributed by atoms with Gasteiger partial charge in [-0.15, -0.1) is 0 Å². The molecule has 0 atom stereocenters. The van der Waals surface area contributed by atoms with Crippen molar-refractivity contribution in [3.05, 3.63) is 34.9 Å². The largest absolute Gasteiger partial charge is 1.00 e. The molecule has 0 aromatic carbocycles. The van der Waals surface area contributed by atoms with Gasteiger partial charge in [0, 0.05) is 46.3 Å². The SMILES string of the molecule is CC(C)=CCCC(C)=CCCC(C)=CC[P+](CCCO)(CCCO)CCCO.[Br-]. The van der Waals surface area contributed by atoms with Crippen molar-refractivity contribution in [1.82, 2.24) is 0 Å². The molecule has 3 N–H and O–H groups in total. The summed E-state index contributed by atoms with van der Waals surface area (Å²) in [6.07, 6.45) is 18.4. The molecule has 0 aromatic heterocycles. The van der Waals surface area contributed by atoms with E-state index >= 15 is 0 Å². The zero-order valence-electron chi connectivity index (χ0n) is 19.3. The van der Waals surface area contributed by atoms with Gasteiger partial charge in [0.2, 0.25) is 0 Å². The standard InChI is InChI=1S/C24H46O3P.BrH/c1-22(2)10-5-11-23(3)12-6-13-24(4)14-21-28(18-7-15-25,19-8-16-26)20-9-17-27;/h10,12,14,25-27H,5-9,11,13,15-21H2,1-4H3;1H/q+1;/p-1. The third-order valence-corrected chi connectivity index (χ3v) is 10.1. The van der Waals surface area contributed by atoms with E-state index < -0.39 is 7.26 Å². The summed E-state index contributed by atoms with van der Waals surface area (Å²) in [4.78, 5) is 0. The second-order valence-electron chi connectivity index (χ2n) is 8.39. The molecule has 0 fully saturated rings. The predicted octanol–water partition coefficient (Wildman–Crippen LogP) is 2.57. The molecule has 29 heavy (non-hydrogen) atoms. The fourth-order valence-corrected chi connectivity index (χ4v) is 7.87. The van der Waals surface area contributed by atoms with Gasteiger partial charge in [0.25, 0.3) is 0 Å². The van der Waals surface area contributed by atoms with Crippen LogP contribution in [0.3, 0.4) is 0 Å². The third-order valence-electron chi connectivity index (χ3n) is 5.32. The zero-order valence-corrected chi connectivity index (χ0v) is 21.8. The number of hydrogen-bond acceptors (Lipinski definition) is 3. The van der Waals surface area contributed by atoms with Crippen molar-refractivity contribution in [1.29, 1.82) is 0 Å². The van der Waals surface area contributed by atoms with Gasteiger partial charge < -0.3 is 32.3 Å². The molecule has 0 aromatic rings. The maximum Gasteiger partial charge on any atom is 0.0776 e. The van der Waals surface area contributed by atoms with E-state index in [0.717, 1.165) is 69.6 Å². The molecule has 0 unspecified atom stereocenters. The Bertz CT molecular complexity index is 461. The quantitative estimate of drug-likeness (QED) is 0.216. The Morgan fingerprint density at radius 2 is 1.07 bits per heavy atom. The molecule has 0 saturated carbocycles. The summed E-state index contributed by atoms with van der Waals surface area (Å²) in [7, 11) is -1.25. The Morgan fingerprint density at radius 1 is 0.655 bits per heavy atom. The fraction of sp³-hybridized carbons (Fsp3) is 0.750. The second-order valence-corrected chi connectivity index (χ2v) is 12.8. The van der Waals surface area contributed by atoms with Crippen LogP contribution in [0.15, 0.2) is 34.9 Å². The van der Waals surface area contributed by atoms with Crippen LogP contribution in [0.5, 0.6) is 0 Å². The lowest BCUT2D eigenvalue weighted by molar-refractivity contribution is -0.00000953. The molecule has 0 radical (unpaired) electrons. The molecule has 3 nitrogen and oxygen atoms in total. The third kappa shape index (κ3) is 17.4. The van der Waals surface area contributed by atoms with Gasteiger partial charge in [-0.25, -0.2) is 0 Å². The first-order chi connectivity index (χ1) is 13.4. The fourth-order valence-electron chi connectivity index (χ4n) is 3.52. The van der Waals surface area contributed by atoms with Crippen molar-refractivity contribution in [3.63, 3.8) is 0 Å². The van der Waals surface area contributed by atoms with Crippen molar-refractivity contribution in [2.24, 2.45) is 0 Å². The van der Waals surface area contributed by atoms with Gasteiger partial charge in [-0.05, 0) is 59.5 Å². The molecule has 0 heterocycles. The lowest BCUT2D eigenvalue weighted by Crippen LogP contribution is -3.00. The Morgan fingerprint density at radius 3 is 1.48 bits per heavy atom. The van der Waals surface area contributed by atoms with Crippen molar-refractivity contribution >= 4 is 7.26 Å². The highest BCUT2D eigenvalue weighted by atomic mass is 79.9. The molecular weight excluding hydrogens is 447 g/mol. The molecule has 0 rings (SSSR count).